The average Bonchev–Trinajstić information content (AvgIpc) is 3.05. The second kappa shape index (κ2) is 6.12. The highest BCUT2D eigenvalue weighted by atomic mass is 16.2. The third-order valence-corrected chi connectivity index (χ3v) is 5.04. The summed E-state index contributed by atoms with van der Waals surface area (Å²) >= 11 is 0. The van der Waals surface area contributed by atoms with Crippen LogP contribution in [0.15, 0.2) is 24.5 Å². The second-order valence-corrected chi connectivity index (χ2v) is 6.02. The molecule has 21 heavy (non-hydrogen) atoms. The van der Waals surface area contributed by atoms with E-state index in [0.717, 1.165) is 44.8 Å². The Morgan fingerprint density at radius 2 is 2.00 bits per heavy atom. The Bertz CT molecular complexity index is 476. The normalized spacial score (nSPS) is 27.0. The molecule has 1 amide bonds. The molecular weight excluding hydrogens is 264 g/mol. The van der Waals surface area contributed by atoms with Crippen LogP contribution in [0, 0.1) is 0 Å². The zero-order chi connectivity index (χ0) is 14.7. The number of pyridine rings is 1. The van der Waals surface area contributed by atoms with Gasteiger partial charge in [-0.2, -0.15) is 0 Å². The molecule has 1 atom stereocenters. The number of piperazine rings is 1. The molecule has 2 aliphatic heterocycles. The van der Waals surface area contributed by atoms with Gasteiger partial charge >= 0.3 is 0 Å². The summed E-state index contributed by atoms with van der Waals surface area (Å²) in [6.07, 6.45) is 5.76. The number of nitrogens with one attached hydrogen (secondary N) is 1. The van der Waals surface area contributed by atoms with Crippen molar-refractivity contribution in [3.8, 4) is 0 Å². The topological polar surface area (TPSA) is 48.5 Å². The summed E-state index contributed by atoms with van der Waals surface area (Å²) in [5.74, 6) is 0.132. The molecule has 2 fully saturated rings. The van der Waals surface area contributed by atoms with Gasteiger partial charge in [-0.15, -0.1) is 0 Å². The van der Waals surface area contributed by atoms with E-state index in [9.17, 15) is 4.79 Å². The number of amides is 1. The molecule has 1 aromatic heterocycles. The van der Waals surface area contributed by atoms with Crippen molar-refractivity contribution in [1.82, 2.24) is 20.1 Å². The van der Waals surface area contributed by atoms with Crippen LogP contribution in [-0.4, -0.2) is 65.5 Å². The molecule has 5 nitrogen and oxygen atoms in total. The molecular formula is C16H24N4O. The minimum absolute atomic E-state index is 0.132. The molecule has 1 unspecified atom stereocenters. The van der Waals surface area contributed by atoms with Gasteiger partial charge in [0.15, 0.2) is 0 Å². The Hall–Kier alpha value is -1.46. The second-order valence-electron chi connectivity index (χ2n) is 6.02. The van der Waals surface area contributed by atoms with Crippen LogP contribution < -0.4 is 5.32 Å². The maximum absolute atomic E-state index is 12.4. The fourth-order valence-corrected chi connectivity index (χ4v) is 3.59. The lowest BCUT2D eigenvalue weighted by atomic mass is 9.92. The third-order valence-electron chi connectivity index (χ3n) is 5.04. The number of nitrogens with zero attached hydrogens (tertiary/aromatic N) is 3. The molecule has 2 saturated heterocycles. The van der Waals surface area contributed by atoms with Gasteiger partial charge in [0.05, 0.1) is 0 Å². The van der Waals surface area contributed by atoms with E-state index in [1.165, 1.54) is 12.8 Å². The molecule has 0 bridgehead atoms. The van der Waals surface area contributed by atoms with Crippen LogP contribution in [0.3, 0.4) is 0 Å². The quantitative estimate of drug-likeness (QED) is 0.901. The summed E-state index contributed by atoms with van der Waals surface area (Å²) in [7, 11) is 0. The maximum atomic E-state index is 12.4. The van der Waals surface area contributed by atoms with Gasteiger partial charge in [0.2, 0.25) is 0 Å². The van der Waals surface area contributed by atoms with Crippen molar-refractivity contribution in [2.75, 3.05) is 39.3 Å². The van der Waals surface area contributed by atoms with Crippen molar-refractivity contribution in [2.45, 2.75) is 25.3 Å². The molecule has 3 rings (SSSR count). The number of aromatic nitrogens is 1. The van der Waals surface area contributed by atoms with Gasteiger partial charge in [-0.05, 0) is 31.5 Å². The molecule has 0 saturated carbocycles. The van der Waals surface area contributed by atoms with Crippen molar-refractivity contribution in [1.29, 1.82) is 0 Å². The lowest BCUT2D eigenvalue weighted by molar-refractivity contribution is 0.0331. The van der Waals surface area contributed by atoms with E-state index in [2.05, 4.69) is 22.1 Å². The molecule has 0 aliphatic carbocycles. The third kappa shape index (κ3) is 2.80. The van der Waals surface area contributed by atoms with E-state index in [0.29, 0.717) is 5.54 Å². The van der Waals surface area contributed by atoms with Crippen LogP contribution in [-0.2, 0) is 0 Å². The van der Waals surface area contributed by atoms with Crippen molar-refractivity contribution in [3.63, 3.8) is 0 Å². The first-order chi connectivity index (χ1) is 10.2. The first kappa shape index (κ1) is 14.5. The highest BCUT2D eigenvalue weighted by Crippen LogP contribution is 2.28. The summed E-state index contributed by atoms with van der Waals surface area (Å²) in [4.78, 5) is 21.0. The highest BCUT2D eigenvalue weighted by molar-refractivity contribution is 5.94. The predicted octanol–water partition coefficient (Wildman–Crippen LogP) is 0.982. The van der Waals surface area contributed by atoms with E-state index >= 15 is 0 Å². The number of carbonyl (C=O) groups is 1. The smallest absolute Gasteiger partial charge is 0.254 e. The summed E-state index contributed by atoms with van der Waals surface area (Å²) in [5, 5.41) is 3.49. The van der Waals surface area contributed by atoms with Crippen LogP contribution >= 0.6 is 0 Å². The standard InChI is InChI=1S/C16H24N4O/c1-2-16(5-8-18-13-16)20-11-9-19(10-12-20)15(21)14-3-6-17-7-4-14/h3-4,6-7,18H,2,5,8-13H2,1H3. The van der Waals surface area contributed by atoms with E-state index in [4.69, 9.17) is 0 Å². The van der Waals surface area contributed by atoms with E-state index in [1.54, 1.807) is 24.5 Å². The molecule has 0 aromatic carbocycles. The lowest BCUT2D eigenvalue weighted by Gasteiger charge is -2.45. The van der Waals surface area contributed by atoms with E-state index in [-0.39, 0.29) is 5.91 Å². The van der Waals surface area contributed by atoms with Gasteiger partial charge in [0, 0.05) is 56.2 Å². The van der Waals surface area contributed by atoms with Crippen LogP contribution in [0.25, 0.3) is 0 Å². The minimum Gasteiger partial charge on any atom is -0.336 e. The minimum atomic E-state index is 0.132. The van der Waals surface area contributed by atoms with Gasteiger partial charge in [0.1, 0.15) is 0 Å². The van der Waals surface area contributed by atoms with Crippen molar-refractivity contribution in [2.24, 2.45) is 0 Å². The largest absolute Gasteiger partial charge is 0.336 e. The molecule has 1 aromatic rings. The Morgan fingerprint density at radius 1 is 1.29 bits per heavy atom. The van der Waals surface area contributed by atoms with Crippen LogP contribution in [0.1, 0.15) is 30.1 Å². The Balaban J connectivity index is 1.61. The molecule has 2 aliphatic rings. The Labute approximate surface area is 126 Å². The number of hydrogen-bond acceptors (Lipinski definition) is 4. The number of hydrogen-bond donors (Lipinski definition) is 1. The van der Waals surface area contributed by atoms with Gasteiger partial charge in [-0.1, -0.05) is 6.92 Å². The van der Waals surface area contributed by atoms with Crippen LogP contribution in [0.5, 0.6) is 0 Å². The lowest BCUT2D eigenvalue weighted by Crippen LogP contribution is -2.58. The first-order valence-electron chi connectivity index (χ1n) is 7.90. The molecule has 114 valence electrons. The van der Waals surface area contributed by atoms with E-state index in [1.807, 2.05) is 4.90 Å². The van der Waals surface area contributed by atoms with Gasteiger partial charge in [0.25, 0.3) is 5.91 Å². The number of carbonyl (C=O) groups excluding carboxylic acids is 1. The zero-order valence-corrected chi connectivity index (χ0v) is 12.7. The predicted molar refractivity (Wildman–Crippen MR) is 82.2 cm³/mol. The fraction of sp³-hybridized carbons (Fsp3) is 0.625. The maximum Gasteiger partial charge on any atom is 0.254 e. The van der Waals surface area contributed by atoms with Gasteiger partial charge in [-0.25, -0.2) is 0 Å². The van der Waals surface area contributed by atoms with Gasteiger partial charge in [-0.3, -0.25) is 14.7 Å². The SMILES string of the molecule is CCC1(N2CCN(C(=O)c3ccncc3)CC2)CCNC1. The van der Waals surface area contributed by atoms with Crippen molar-refractivity contribution >= 4 is 5.91 Å². The monoisotopic (exact) mass is 288 g/mol. The molecule has 5 heteroatoms. The Morgan fingerprint density at radius 3 is 2.57 bits per heavy atom. The van der Waals surface area contributed by atoms with Crippen molar-refractivity contribution < 1.29 is 4.79 Å². The zero-order valence-electron chi connectivity index (χ0n) is 12.7. The van der Waals surface area contributed by atoms with Crippen LogP contribution in [0.2, 0.25) is 0 Å². The molecule has 3 heterocycles. The molecule has 0 radical (unpaired) electrons. The highest BCUT2D eigenvalue weighted by Gasteiger charge is 2.39. The number of rotatable bonds is 3. The average molecular weight is 288 g/mol. The molecule has 0 spiro atoms. The Kier molecular flexibility index (Phi) is 4.22. The van der Waals surface area contributed by atoms with Crippen LogP contribution in [0.4, 0.5) is 0 Å². The summed E-state index contributed by atoms with van der Waals surface area (Å²) in [6, 6.07) is 3.59. The summed E-state index contributed by atoms with van der Waals surface area (Å²) < 4.78 is 0. The van der Waals surface area contributed by atoms with Gasteiger partial charge < -0.3 is 10.2 Å². The first-order valence-corrected chi connectivity index (χ1v) is 7.90. The van der Waals surface area contributed by atoms with E-state index < -0.39 is 0 Å². The molecule has 1 N–H and O–H groups in total. The van der Waals surface area contributed by atoms with Crippen molar-refractivity contribution in [3.05, 3.63) is 30.1 Å². The summed E-state index contributed by atoms with van der Waals surface area (Å²) in [5.41, 5.74) is 1.05. The fourth-order valence-electron chi connectivity index (χ4n) is 3.59. The summed E-state index contributed by atoms with van der Waals surface area (Å²) in [6.45, 7) is 8.08.